The number of aromatic nitrogens is 2. The Bertz CT molecular complexity index is 764. The summed E-state index contributed by atoms with van der Waals surface area (Å²) in [7, 11) is 0. The highest BCUT2D eigenvalue weighted by molar-refractivity contribution is 7.20. The summed E-state index contributed by atoms with van der Waals surface area (Å²) in [4.78, 5) is 32.5. The largest absolute Gasteiger partial charge is 0.348 e. The zero-order chi connectivity index (χ0) is 15.9. The van der Waals surface area contributed by atoms with Gasteiger partial charge in [0, 0.05) is 6.04 Å². The van der Waals surface area contributed by atoms with Gasteiger partial charge in [-0.05, 0) is 30.7 Å². The van der Waals surface area contributed by atoms with Gasteiger partial charge in [-0.15, -0.1) is 11.3 Å². The number of hydrogen-bond donors (Lipinski definition) is 2. The molecule has 0 radical (unpaired) electrons. The summed E-state index contributed by atoms with van der Waals surface area (Å²) in [5.74, 6) is 1.03. The minimum absolute atomic E-state index is 0.0779. The van der Waals surface area contributed by atoms with Crippen LogP contribution in [-0.2, 0) is 0 Å². The van der Waals surface area contributed by atoms with E-state index in [1.54, 1.807) is 0 Å². The Morgan fingerprint density at radius 3 is 2.91 bits per heavy atom. The van der Waals surface area contributed by atoms with Crippen LogP contribution >= 0.6 is 11.3 Å². The molecular formula is C16H21N3O2S. The van der Waals surface area contributed by atoms with Gasteiger partial charge in [-0.25, -0.2) is 4.98 Å². The highest BCUT2D eigenvalue weighted by atomic mass is 32.1. The maximum Gasteiger partial charge on any atom is 0.261 e. The van der Waals surface area contributed by atoms with Gasteiger partial charge in [0.05, 0.1) is 16.6 Å². The summed E-state index contributed by atoms with van der Waals surface area (Å²) in [6.07, 6.45) is 4.80. The van der Waals surface area contributed by atoms with Crippen molar-refractivity contribution in [2.24, 2.45) is 11.8 Å². The number of hydrogen-bond acceptors (Lipinski definition) is 4. The predicted octanol–water partition coefficient (Wildman–Crippen LogP) is 2.85. The van der Waals surface area contributed by atoms with E-state index in [4.69, 9.17) is 0 Å². The Morgan fingerprint density at radius 2 is 2.18 bits per heavy atom. The summed E-state index contributed by atoms with van der Waals surface area (Å²) in [6.45, 7) is 6.27. The monoisotopic (exact) mass is 319 g/mol. The summed E-state index contributed by atoms with van der Waals surface area (Å²) in [6, 6.07) is 0.215. The molecule has 3 atom stereocenters. The van der Waals surface area contributed by atoms with Crippen molar-refractivity contribution < 1.29 is 4.79 Å². The molecule has 6 heteroatoms. The standard InChI is InChI=1S/C16H21N3O2S/c1-8-5-4-6-11(9(8)2)19-15(21)13-10(3)12-14(20)17-7-18-16(12)22-13/h7-9,11H,4-6H2,1-3H3,(H,19,21)(H,17,18,20). The van der Waals surface area contributed by atoms with Gasteiger partial charge in [0.2, 0.25) is 0 Å². The van der Waals surface area contributed by atoms with E-state index in [0.717, 1.165) is 18.4 Å². The Morgan fingerprint density at radius 1 is 1.41 bits per heavy atom. The van der Waals surface area contributed by atoms with Crippen LogP contribution in [-0.4, -0.2) is 21.9 Å². The van der Waals surface area contributed by atoms with Crippen LogP contribution < -0.4 is 10.9 Å². The number of H-pyrrole nitrogens is 1. The molecule has 1 aliphatic rings. The predicted molar refractivity (Wildman–Crippen MR) is 88.4 cm³/mol. The van der Waals surface area contributed by atoms with Crippen LogP contribution in [0.3, 0.4) is 0 Å². The molecule has 3 unspecified atom stereocenters. The maximum atomic E-state index is 12.6. The van der Waals surface area contributed by atoms with Crippen molar-refractivity contribution in [3.05, 3.63) is 27.1 Å². The second-order valence-electron chi connectivity index (χ2n) is 6.32. The van der Waals surface area contributed by atoms with E-state index >= 15 is 0 Å². The summed E-state index contributed by atoms with van der Waals surface area (Å²) in [5.41, 5.74) is 0.542. The molecule has 22 heavy (non-hydrogen) atoms. The normalized spacial score (nSPS) is 25.3. The average molecular weight is 319 g/mol. The van der Waals surface area contributed by atoms with Crippen LogP contribution in [0.15, 0.2) is 11.1 Å². The van der Waals surface area contributed by atoms with Crippen molar-refractivity contribution >= 4 is 27.5 Å². The van der Waals surface area contributed by atoms with Gasteiger partial charge in [-0.2, -0.15) is 0 Å². The number of carbonyl (C=O) groups excluding carboxylic acids is 1. The van der Waals surface area contributed by atoms with E-state index < -0.39 is 0 Å². The molecule has 3 rings (SSSR count). The molecule has 2 heterocycles. The number of carbonyl (C=O) groups is 1. The van der Waals surface area contributed by atoms with Crippen LogP contribution in [0.5, 0.6) is 0 Å². The zero-order valence-corrected chi connectivity index (χ0v) is 13.9. The Balaban J connectivity index is 1.88. The molecule has 0 bridgehead atoms. The molecule has 1 saturated carbocycles. The van der Waals surface area contributed by atoms with Crippen LogP contribution in [0.1, 0.15) is 48.3 Å². The lowest BCUT2D eigenvalue weighted by Gasteiger charge is -2.34. The summed E-state index contributed by atoms with van der Waals surface area (Å²) in [5, 5.41) is 3.70. The van der Waals surface area contributed by atoms with Crippen LogP contribution in [0, 0.1) is 18.8 Å². The van der Waals surface area contributed by atoms with Gasteiger partial charge in [-0.3, -0.25) is 9.59 Å². The first-order valence-electron chi connectivity index (χ1n) is 7.76. The number of amides is 1. The number of nitrogens with one attached hydrogen (secondary N) is 2. The second-order valence-corrected chi connectivity index (χ2v) is 7.31. The van der Waals surface area contributed by atoms with Gasteiger partial charge in [-0.1, -0.05) is 26.7 Å². The molecule has 2 aromatic heterocycles. The fourth-order valence-electron chi connectivity index (χ4n) is 3.31. The molecule has 118 valence electrons. The van der Waals surface area contributed by atoms with Gasteiger partial charge in [0.25, 0.3) is 11.5 Å². The molecule has 0 aromatic carbocycles. The minimum Gasteiger partial charge on any atom is -0.348 e. The first kappa shape index (κ1) is 15.2. The number of aryl methyl sites for hydroxylation is 1. The lowest BCUT2D eigenvalue weighted by Crippen LogP contribution is -2.43. The van der Waals surface area contributed by atoms with Gasteiger partial charge < -0.3 is 10.3 Å². The molecule has 0 aliphatic heterocycles. The van der Waals surface area contributed by atoms with Gasteiger partial charge >= 0.3 is 0 Å². The molecule has 0 saturated heterocycles. The van der Waals surface area contributed by atoms with E-state index in [1.165, 1.54) is 24.1 Å². The van der Waals surface area contributed by atoms with Crippen molar-refractivity contribution in [1.82, 2.24) is 15.3 Å². The lowest BCUT2D eigenvalue weighted by molar-refractivity contribution is 0.0895. The first-order chi connectivity index (χ1) is 10.5. The maximum absolute atomic E-state index is 12.6. The quantitative estimate of drug-likeness (QED) is 0.894. The Hall–Kier alpha value is -1.69. The van der Waals surface area contributed by atoms with Crippen molar-refractivity contribution in [2.75, 3.05) is 0 Å². The smallest absolute Gasteiger partial charge is 0.261 e. The van der Waals surface area contributed by atoms with Gasteiger partial charge in [0.1, 0.15) is 4.83 Å². The van der Waals surface area contributed by atoms with E-state index in [0.29, 0.717) is 26.9 Å². The number of aromatic amines is 1. The average Bonchev–Trinajstić information content (AvgIpc) is 2.82. The first-order valence-corrected chi connectivity index (χ1v) is 8.58. The van der Waals surface area contributed by atoms with Crippen LogP contribution in [0.2, 0.25) is 0 Å². The summed E-state index contributed by atoms with van der Waals surface area (Å²) < 4.78 is 0. The molecular weight excluding hydrogens is 298 g/mol. The molecule has 1 aliphatic carbocycles. The third kappa shape index (κ3) is 2.56. The van der Waals surface area contributed by atoms with Crippen molar-refractivity contribution in [1.29, 1.82) is 0 Å². The van der Waals surface area contributed by atoms with Crippen molar-refractivity contribution in [3.63, 3.8) is 0 Å². The van der Waals surface area contributed by atoms with E-state index in [2.05, 4.69) is 29.1 Å². The number of nitrogens with zero attached hydrogens (tertiary/aromatic N) is 1. The minimum atomic E-state index is -0.183. The Kier molecular flexibility index (Phi) is 4.04. The van der Waals surface area contributed by atoms with Gasteiger partial charge in [0.15, 0.2) is 0 Å². The van der Waals surface area contributed by atoms with E-state index in [9.17, 15) is 9.59 Å². The second kappa shape index (κ2) is 5.83. The number of rotatable bonds is 2. The highest BCUT2D eigenvalue weighted by Crippen LogP contribution is 2.31. The SMILES string of the molecule is Cc1c(C(=O)NC2CCCC(C)C2C)sc2nc[nH]c(=O)c12. The molecule has 1 fully saturated rings. The molecule has 0 spiro atoms. The van der Waals surface area contributed by atoms with Crippen molar-refractivity contribution in [3.8, 4) is 0 Å². The van der Waals surface area contributed by atoms with Crippen LogP contribution in [0.25, 0.3) is 10.2 Å². The third-order valence-corrected chi connectivity index (χ3v) is 6.16. The topological polar surface area (TPSA) is 74.8 Å². The zero-order valence-electron chi connectivity index (χ0n) is 13.1. The fourth-order valence-corrected chi connectivity index (χ4v) is 4.37. The third-order valence-electron chi connectivity index (χ3n) is 4.96. The molecule has 5 nitrogen and oxygen atoms in total. The lowest BCUT2D eigenvalue weighted by atomic mass is 9.78. The van der Waals surface area contributed by atoms with E-state index in [-0.39, 0.29) is 17.5 Å². The fraction of sp³-hybridized carbons (Fsp3) is 0.562. The molecule has 2 aromatic rings. The van der Waals surface area contributed by atoms with Crippen LogP contribution in [0.4, 0.5) is 0 Å². The highest BCUT2D eigenvalue weighted by Gasteiger charge is 2.29. The summed E-state index contributed by atoms with van der Waals surface area (Å²) >= 11 is 1.29. The van der Waals surface area contributed by atoms with Crippen molar-refractivity contribution in [2.45, 2.75) is 46.1 Å². The van der Waals surface area contributed by atoms with E-state index in [1.807, 2.05) is 6.92 Å². The Labute approximate surface area is 133 Å². The molecule has 1 amide bonds. The molecule has 2 N–H and O–H groups in total. The number of fused-ring (bicyclic) bond motifs is 1. The number of thiophene rings is 1.